The van der Waals surface area contributed by atoms with Gasteiger partial charge in [-0.3, -0.25) is 9.48 Å². The van der Waals surface area contributed by atoms with Crippen molar-refractivity contribution in [2.75, 3.05) is 24.6 Å². The van der Waals surface area contributed by atoms with Gasteiger partial charge < -0.3 is 14.2 Å². The van der Waals surface area contributed by atoms with Crippen molar-refractivity contribution < 1.29 is 22.3 Å². The van der Waals surface area contributed by atoms with E-state index in [1.54, 1.807) is 24.0 Å². The van der Waals surface area contributed by atoms with E-state index in [0.717, 1.165) is 17.7 Å². The second-order valence-corrected chi connectivity index (χ2v) is 8.33. The van der Waals surface area contributed by atoms with Crippen molar-refractivity contribution in [3.8, 4) is 11.3 Å². The molecule has 0 bridgehead atoms. The molecule has 5 rings (SSSR count). The molecule has 1 saturated heterocycles. The van der Waals surface area contributed by atoms with E-state index in [1.807, 2.05) is 11.1 Å². The molecule has 1 aliphatic heterocycles. The normalized spacial score (nSPS) is 16.7. The lowest BCUT2D eigenvalue weighted by atomic mass is 10.0. The molecule has 0 aliphatic carbocycles. The van der Waals surface area contributed by atoms with Gasteiger partial charge in [0.1, 0.15) is 28.9 Å². The van der Waals surface area contributed by atoms with Crippen LogP contribution >= 0.6 is 0 Å². The summed E-state index contributed by atoms with van der Waals surface area (Å²) in [5, 5.41) is 4.35. The van der Waals surface area contributed by atoms with Crippen molar-refractivity contribution in [2.24, 2.45) is 14.1 Å². The van der Waals surface area contributed by atoms with E-state index in [9.17, 15) is 22.4 Å². The number of morpholine rings is 1. The Bertz CT molecular complexity index is 1480. The summed E-state index contributed by atoms with van der Waals surface area (Å²) in [6.07, 6.45) is -0.196. The lowest BCUT2D eigenvalue weighted by Crippen LogP contribution is -2.39. The fraction of sp³-hybridized carbons (Fsp3) is 0.304. The predicted octanol–water partition coefficient (Wildman–Crippen LogP) is 3.46. The number of hydrogen-bond acceptors (Lipinski definition) is 6. The van der Waals surface area contributed by atoms with Gasteiger partial charge in [-0.25, -0.2) is 14.4 Å². The monoisotopic (exact) mass is 488 g/mol. The van der Waals surface area contributed by atoms with Gasteiger partial charge in [0.05, 0.1) is 30.1 Å². The number of anilines is 1. The molecule has 0 radical (unpaired) electrons. The number of rotatable bonds is 3. The van der Waals surface area contributed by atoms with E-state index in [-0.39, 0.29) is 33.8 Å². The standard InChI is InChI=1S/C23H20F4N6O2/c1-31-12-28-20-16(22(31)34)8-19(33-5-6-35-18(11-33)13-9-29-32(2)10-13)30-21(20)15-4-3-14(7-17(15)24)23(25,26)27/h3-4,7-10,12,18H,5-6,11H2,1-2H3/t18-/m0/s1. The summed E-state index contributed by atoms with van der Waals surface area (Å²) in [5.74, 6) is -0.738. The molecule has 0 unspecified atom stereocenters. The topological polar surface area (TPSA) is 78.1 Å². The third-order valence-electron chi connectivity index (χ3n) is 5.93. The van der Waals surface area contributed by atoms with Crippen LogP contribution in [0.15, 0.2) is 47.8 Å². The summed E-state index contributed by atoms with van der Waals surface area (Å²) in [5.41, 5.74) is -0.717. The van der Waals surface area contributed by atoms with Crippen molar-refractivity contribution >= 4 is 16.7 Å². The number of aromatic nitrogens is 5. The third kappa shape index (κ3) is 4.25. The molecule has 4 heterocycles. The number of hydrogen-bond donors (Lipinski definition) is 0. The average Bonchev–Trinajstić information content (AvgIpc) is 3.27. The average molecular weight is 488 g/mol. The molecule has 0 spiro atoms. The van der Waals surface area contributed by atoms with E-state index in [1.165, 1.54) is 17.9 Å². The third-order valence-corrected chi connectivity index (χ3v) is 5.93. The van der Waals surface area contributed by atoms with Crippen LogP contribution in [0.25, 0.3) is 22.2 Å². The van der Waals surface area contributed by atoms with Gasteiger partial charge in [0, 0.05) is 44.5 Å². The summed E-state index contributed by atoms with van der Waals surface area (Å²) in [4.78, 5) is 23.6. The van der Waals surface area contributed by atoms with E-state index in [0.29, 0.717) is 31.6 Å². The Balaban J connectivity index is 1.64. The van der Waals surface area contributed by atoms with Gasteiger partial charge >= 0.3 is 6.18 Å². The molecule has 1 aliphatic rings. The van der Waals surface area contributed by atoms with Crippen LogP contribution in [0.2, 0.25) is 0 Å². The highest BCUT2D eigenvalue weighted by molar-refractivity contribution is 5.93. The first-order valence-electron chi connectivity index (χ1n) is 10.7. The summed E-state index contributed by atoms with van der Waals surface area (Å²) < 4.78 is 63.0. The fourth-order valence-corrected chi connectivity index (χ4v) is 4.10. The quantitative estimate of drug-likeness (QED) is 0.411. The molecule has 0 amide bonds. The number of aryl methyl sites for hydroxylation is 2. The largest absolute Gasteiger partial charge is 0.416 e. The first kappa shape index (κ1) is 23.0. The second-order valence-electron chi connectivity index (χ2n) is 8.33. The molecular weight excluding hydrogens is 468 g/mol. The Morgan fingerprint density at radius 1 is 1.17 bits per heavy atom. The Kier molecular flexibility index (Phi) is 5.55. The zero-order valence-corrected chi connectivity index (χ0v) is 18.8. The molecule has 0 saturated carbocycles. The highest BCUT2D eigenvalue weighted by atomic mass is 19.4. The van der Waals surface area contributed by atoms with Gasteiger partial charge in [0.15, 0.2) is 0 Å². The minimum atomic E-state index is -4.69. The maximum absolute atomic E-state index is 14.9. The van der Waals surface area contributed by atoms with Gasteiger partial charge in [-0.05, 0) is 24.3 Å². The van der Waals surface area contributed by atoms with Crippen LogP contribution in [0, 0.1) is 5.82 Å². The molecule has 1 aromatic carbocycles. The first-order chi connectivity index (χ1) is 16.6. The Labute approximate surface area is 196 Å². The van der Waals surface area contributed by atoms with Crippen LogP contribution in [0.3, 0.4) is 0 Å². The van der Waals surface area contributed by atoms with Gasteiger partial charge in [-0.2, -0.15) is 18.3 Å². The van der Waals surface area contributed by atoms with Crippen LogP contribution in [-0.2, 0) is 25.0 Å². The molecule has 35 heavy (non-hydrogen) atoms. The van der Waals surface area contributed by atoms with Gasteiger partial charge in [-0.1, -0.05) is 0 Å². The van der Waals surface area contributed by atoms with Gasteiger partial charge in [0.2, 0.25) is 0 Å². The van der Waals surface area contributed by atoms with Crippen LogP contribution in [-0.4, -0.2) is 44.0 Å². The number of fused-ring (bicyclic) bond motifs is 1. The smallest absolute Gasteiger partial charge is 0.370 e. The van der Waals surface area contributed by atoms with Crippen molar-refractivity contribution in [2.45, 2.75) is 12.3 Å². The van der Waals surface area contributed by atoms with Crippen LogP contribution in [0.1, 0.15) is 17.2 Å². The summed E-state index contributed by atoms with van der Waals surface area (Å²) in [6, 6.07) is 3.79. The number of pyridine rings is 1. The number of benzene rings is 1. The van der Waals surface area contributed by atoms with Gasteiger partial charge in [-0.15, -0.1) is 0 Å². The maximum atomic E-state index is 14.9. The maximum Gasteiger partial charge on any atom is 0.416 e. The number of nitrogens with zero attached hydrogens (tertiary/aromatic N) is 6. The van der Waals surface area contributed by atoms with E-state index in [2.05, 4.69) is 15.1 Å². The van der Waals surface area contributed by atoms with Crippen molar-refractivity contribution in [1.82, 2.24) is 24.3 Å². The Morgan fingerprint density at radius 2 is 1.97 bits per heavy atom. The second kappa shape index (κ2) is 8.45. The zero-order chi connectivity index (χ0) is 24.9. The SMILES string of the molecule is Cn1cc([C@@H]2CN(c3cc4c(=O)n(C)cnc4c(-c4ccc(C(F)(F)F)cc4F)n3)CCO2)cn1. The molecule has 1 atom stereocenters. The molecule has 3 aromatic heterocycles. The first-order valence-corrected chi connectivity index (χ1v) is 10.7. The van der Waals surface area contributed by atoms with Crippen molar-refractivity contribution in [1.29, 1.82) is 0 Å². The summed E-state index contributed by atoms with van der Waals surface area (Å²) >= 11 is 0. The highest BCUT2D eigenvalue weighted by Gasteiger charge is 2.32. The van der Waals surface area contributed by atoms with Crippen molar-refractivity contribution in [3.63, 3.8) is 0 Å². The minimum Gasteiger partial charge on any atom is -0.370 e. The number of ether oxygens (including phenoxy) is 1. The minimum absolute atomic E-state index is 0.00848. The van der Waals surface area contributed by atoms with Crippen molar-refractivity contribution in [3.05, 3.63) is 70.3 Å². The number of alkyl halides is 3. The fourth-order valence-electron chi connectivity index (χ4n) is 4.10. The predicted molar refractivity (Wildman–Crippen MR) is 119 cm³/mol. The molecule has 4 aromatic rings. The number of halogens is 4. The Morgan fingerprint density at radius 3 is 2.66 bits per heavy atom. The summed E-state index contributed by atoms with van der Waals surface area (Å²) in [7, 11) is 3.32. The molecule has 1 fully saturated rings. The molecule has 8 nitrogen and oxygen atoms in total. The zero-order valence-electron chi connectivity index (χ0n) is 18.8. The van der Waals surface area contributed by atoms with Crippen LogP contribution < -0.4 is 10.5 Å². The van der Waals surface area contributed by atoms with E-state index < -0.39 is 17.6 Å². The molecule has 182 valence electrons. The lowest BCUT2D eigenvalue weighted by Gasteiger charge is -2.33. The summed E-state index contributed by atoms with van der Waals surface area (Å²) in [6.45, 7) is 1.21. The Hall–Kier alpha value is -3.80. The van der Waals surface area contributed by atoms with E-state index in [4.69, 9.17) is 4.74 Å². The van der Waals surface area contributed by atoms with Crippen LogP contribution in [0.4, 0.5) is 23.4 Å². The molecular formula is C23H20F4N6O2. The lowest BCUT2D eigenvalue weighted by molar-refractivity contribution is -0.137. The molecule has 12 heteroatoms. The highest BCUT2D eigenvalue weighted by Crippen LogP contribution is 2.35. The van der Waals surface area contributed by atoms with E-state index >= 15 is 0 Å². The van der Waals surface area contributed by atoms with Crippen LogP contribution in [0.5, 0.6) is 0 Å². The van der Waals surface area contributed by atoms with Gasteiger partial charge in [0.25, 0.3) is 5.56 Å². The molecule has 0 N–H and O–H groups in total.